The predicted molar refractivity (Wildman–Crippen MR) is 213 cm³/mol. The van der Waals surface area contributed by atoms with Gasteiger partial charge in [0.15, 0.2) is 10.8 Å². The van der Waals surface area contributed by atoms with Gasteiger partial charge < -0.3 is 14.4 Å². The molecule has 1 amide bonds. The van der Waals surface area contributed by atoms with Gasteiger partial charge in [0.2, 0.25) is 0 Å². The third kappa shape index (κ3) is 7.79. The number of thiazole rings is 1. The highest BCUT2D eigenvalue weighted by Gasteiger charge is 2.44. The lowest BCUT2D eigenvalue weighted by Gasteiger charge is -2.48. The number of nitrogens with zero attached hydrogens (tertiary/aromatic N) is 5. The third-order valence-corrected chi connectivity index (χ3v) is 12.0. The van der Waals surface area contributed by atoms with Crippen LogP contribution in [-0.4, -0.2) is 56.0 Å². The molecule has 2 bridgehead atoms. The minimum absolute atomic E-state index is 0.162. The summed E-state index contributed by atoms with van der Waals surface area (Å²) < 4.78 is 15.4. The lowest BCUT2D eigenvalue weighted by atomic mass is 9.61. The van der Waals surface area contributed by atoms with E-state index in [0.29, 0.717) is 47.2 Å². The van der Waals surface area contributed by atoms with Gasteiger partial charge in [0.05, 0.1) is 28.6 Å². The van der Waals surface area contributed by atoms with Gasteiger partial charge in [-0.2, -0.15) is 5.10 Å². The number of esters is 1. The quantitative estimate of drug-likeness (QED) is 0.149. The van der Waals surface area contributed by atoms with Gasteiger partial charge in [-0.05, 0) is 120 Å². The maximum atomic E-state index is 13.9. The van der Waals surface area contributed by atoms with Crippen LogP contribution in [0.2, 0.25) is 0 Å². The van der Waals surface area contributed by atoms with Crippen LogP contribution in [0.15, 0.2) is 67.0 Å². The number of rotatable bonds is 9. The van der Waals surface area contributed by atoms with E-state index in [-0.39, 0.29) is 23.1 Å². The number of anilines is 2. The van der Waals surface area contributed by atoms with Crippen molar-refractivity contribution in [1.29, 1.82) is 0 Å². The van der Waals surface area contributed by atoms with E-state index in [1.807, 2.05) is 75.5 Å². The summed E-state index contributed by atoms with van der Waals surface area (Å²) in [7, 11) is 0. The summed E-state index contributed by atoms with van der Waals surface area (Å²) in [6.07, 6.45) is 12.3. The van der Waals surface area contributed by atoms with Crippen LogP contribution in [0.5, 0.6) is 0 Å². The van der Waals surface area contributed by atoms with Gasteiger partial charge in [-0.1, -0.05) is 48.4 Å². The zero-order chi connectivity index (χ0) is 37.6. The van der Waals surface area contributed by atoms with Gasteiger partial charge in [-0.25, -0.2) is 14.8 Å². The average Bonchev–Trinajstić information content (AvgIpc) is 3.76. The number of hydrogen-bond acceptors (Lipinski definition) is 9. The summed E-state index contributed by atoms with van der Waals surface area (Å²) >= 11 is 1.46. The van der Waals surface area contributed by atoms with Crippen LogP contribution in [0.1, 0.15) is 105 Å². The lowest BCUT2D eigenvalue weighted by molar-refractivity contribution is -0.0839. The van der Waals surface area contributed by atoms with E-state index in [4.69, 9.17) is 19.6 Å². The molecule has 1 aliphatic heterocycles. The van der Waals surface area contributed by atoms with Crippen molar-refractivity contribution in [3.8, 4) is 11.1 Å². The van der Waals surface area contributed by atoms with Crippen molar-refractivity contribution in [3.05, 3.63) is 89.4 Å². The number of fused-ring (bicyclic) bond motifs is 4. The fourth-order valence-electron chi connectivity index (χ4n) is 8.96. The molecule has 1 N–H and O–H groups in total. The van der Waals surface area contributed by atoms with Crippen LogP contribution in [0.3, 0.4) is 0 Å². The average molecular weight is 747 g/mol. The van der Waals surface area contributed by atoms with Crippen LogP contribution in [0.4, 0.5) is 10.9 Å². The monoisotopic (exact) mass is 746 g/mol. The first-order chi connectivity index (χ1) is 25.9. The Labute approximate surface area is 321 Å². The Bertz CT molecular complexity index is 2150. The number of aromatic nitrogens is 4. The Hall–Kier alpha value is -4.61. The molecule has 3 unspecified atom stereocenters. The molecule has 54 heavy (non-hydrogen) atoms. The van der Waals surface area contributed by atoms with E-state index in [2.05, 4.69) is 46.0 Å². The van der Waals surface area contributed by atoms with Gasteiger partial charge in [0.25, 0.3) is 5.91 Å². The molecular formula is C43H50N6O4S. The maximum absolute atomic E-state index is 13.9. The molecule has 11 heteroatoms. The van der Waals surface area contributed by atoms with Crippen molar-refractivity contribution in [3.63, 3.8) is 0 Å². The molecule has 0 spiro atoms. The second-order valence-corrected chi connectivity index (χ2v) is 17.8. The molecule has 8 rings (SSSR count). The SMILES string of the molecule is CC(C)OC1CC2CCCC(Cn3cc(-c4ccc(N5CCc6cccc(C(=O)Nc7nc8ccccc8s7)c6C5)nc4C(=O)OC(C)(C)C)cn3)(C2)C1. The Morgan fingerprint density at radius 2 is 1.91 bits per heavy atom. The number of nitrogens with one attached hydrogen (secondary N) is 1. The Morgan fingerprint density at radius 1 is 1.06 bits per heavy atom. The van der Waals surface area contributed by atoms with Crippen LogP contribution in [0, 0.1) is 11.3 Å². The predicted octanol–water partition coefficient (Wildman–Crippen LogP) is 9.09. The number of carbonyl (C=O) groups excluding carboxylic acids is 2. The van der Waals surface area contributed by atoms with E-state index >= 15 is 0 Å². The molecular weight excluding hydrogens is 697 g/mol. The number of carbonyl (C=O) groups is 2. The van der Waals surface area contributed by atoms with E-state index in [9.17, 15) is 9.59 Å². The summed E-state index contributed by atoms with van der Waals surface area (Å²) in [6, 6.07) is 17.7. The minimum Gasteiger partial charge on any atom is -0.455 e. The van der Waals surface area contributed by atoms with Crippen LogP contribution < -0.4 is 10.2 Å². The maximum Gasteiger partial charge on any atom is 0.358 e. The van der Waals surface area contributed by atoms with E-state index < -0.39 is 11.6 Å². The lowest BCUT2D eigenvalue weighted by Crippen LogP contribution is -2.43. The fourth-order valence-corrected chi connectivity index (χ4v) is 9.82. The second kappa shape index (κ2) is 14.6. The zero-order valence-corrected chi connectivity index (χ0v) is 32.7. The molecule has 3 aliphatic rings. The summed E-state index contributed by atoms with van der Waals surface area (Å²) in [5, 5.41) is 8.44. The third-order valence-electron chi connectivity index (χ3n) is 11.0. The molecule has 5 aromatic rings. The summed E-state index contributed by atoms with van der Waals surface area (Å²) in [5.74, 6) is 0.689. The number of para-hydroxylation sites is 1. The van der Waals surface area contributed by atoms with Crippen molar-refractivity contribution in [2.75, 3.05) is 16.8 Å². The van der Waals surface area contributed by atoms with Crippen molar-refractivity contribution >= 4 is 44.4 Å². The first kappa shape index (κ1) is 36.4. The number of pyridine rings is 1. The molecule has 0 radical (unpaired) electrons. The van der Waals surface area contributed by atoms with E-state index in [1.165, 1.54) is 37.0 Å². The Morgan fingerprint density at radius 3 is 2.72 bits per heavy atom. The van der Waals surface area contributed by atoms with Crippen LogP contribution >= 0.6 is 11.3 Å². The molecule has 0 saturated heterocycles. The molecule has 282 valence electrons. The molecule has 2 saturated carbocycles. The standard InChI is InChI=1S/C43H50N6O4S/c1-27(2)52-31-20-28-10-9-18-43(21-28,22-31)26-49-24-30(23-44-49)32-15-16-37(46-38(32)40(51)53-42(3,4)5)48-19-17-29-11-8-12-33(34(29)25-48)39(50)47-41-45-35-13-6-7-14-36(35)54-41/h6-8,11-16,23-24,27-28,31H,9-10,17-22,25-26H2,1-5H3,(H,45,47,50). The number of hydrogen-bond donors (Lipinski definition) is 1. The van der Waals surface area contributed by atoms with Gasteiger partial charge in [-0.15, -0.1) is 0 Å². The normalized spacial score (nSPS) is 21.3. The van der Waals surface area contributed by atoms with Crippen molar-refractivity contribution in [1.82, 2.24) is 19.7 Å². The largest absolute Gasteiger partial charge is 0.455 e. The highest BCUT2D eigenvalue weighted by molar-refractivity contribution is 7.22. The topological polar surface area (TPSA) is 111 Å². The molecule has 2 fully saturated rings. The summed E-state index contributed by atoms with van der Waals surface area (Å²) in [4.78, 5) is 39.3. The van der Waals surface area contributed by atoms with Gasteiger partial charge in [0.1, 0.15) is 11.4 Å². The molecule has 2 aromatic carbocycles. The highest BCUT2D eigenvalue weighted by Crippen LogP contribution is 2.51. The fraction of sp³-hybridized carbons (Fsp3) is 0.465. The van der Waals surface area contributed by atoms with Gasteiger partial charge in [-0.3, -0.25) is 14.8 Å². The van der Waals surface area contributed by atoms with Crippen LogP contribution in [0.25, 0.3) is 21.3 Å². The van der Waals surface area contributed by atoms with E-state index in [1.54, 1.807) is 0 Å². The zero-order valence-electron chi connectivity index (χ0n) is 31.9. The number of ether oxygens (including phenoxy) is 2. The Balaban J connectivity index is 1.05. The van der Waals surface area contributed by atoms with Crippen molar-refractivity contribution in [2.45, 2.75) is 110 Å². The molecule has 3 aromatic heterocycles. The molecule has 4 heterocycles. The molecule has 2 aliphatic carbocycles. The van der Waals surface area contributed by atoms with Crippen molar-refractivity contribution < 1.29 is 19.1 Å². The second-order valence-electron chi connectivity index (χ2n) is 16.8. The number of amides is 1. The smallest absolute Gasteiger partial charge is 0.358 e. The molecule has 10 nitrogen and oxygen atoms in total. The van der Waals surface area contributed by atoms with Gasteiger partial charge in [0, 0.05) is 42.5 Å². The summed E-state index contributed by atoms with van der Waals surface area (Å²) in [5.41, 5.74) is 4.79. The van der Waals surface area contributed by atoms with Crippen molar-refractivity contribution in [2.24, 2.45) is 11.3 Å². The summed E-state index contributed by atoms with van der Waals surface area (Å²) in [6.45, 7) is 11.9. The Kier molecular flexibility index (Phi) is 9.81. The van der Waals surface area contributed by atoms with Crippen LogP contribution in [-0.2, 0) is 29.0 Å². The first-order valence-corrected chi connectivity index (χ1v) is 20.2. The van der Waals surface area contributed by atoms with E-state index in [0.717, 1.165) is 52.7 Å². The minimum atomic E-state index is -0.696. The molecule has 3 atom stereocenters. The highest BCUT2D eigenvalue weighted by atomic mass is 32.1. The van der Waals surface area contributed by atoms with Gasteiger partial charge >= 0.3 is 5.97 Å². The number of benzene rings is 2. The first-order valence-electron chi connectivity index (χ1n) is 19.4.